The summed E-state index contributed by atoms with van der Waals surface area (Å²) < 4.78 is 0.942. The Morgan fingerprint density at radius 2 is 2.13 bits per heavy atom. The average molecular weight is 268 g/mol. The van der Waals surface area contributed by atoms with Crippen LogP contribution < -0.4 is 11.5 Å². The van der Waals surface area contributed by atoms with Crippen LogP contribution in [0.1, 0.15) is 19.0 Å². The number of nitrogens with two attached hydrogens (primary N) is 2. The van der Waals surface area contributed by atoms with E-state index in [2.05, 4.69) is 20.9 Å². The van der Waals surface area contributed by atoms with E-state index in [-0.39, 0.29) is 0 Å². The summed E-state index contributed by atoms with van der Waals surface area (Å²) in [6, 6.07) is 3.83. The first-order valence-electron chi connectivity index (χ1n) is 4.67. The molecule has 1 aromatic rings. The van der Waals surface area contributed by atoms with Gasteiger partial charge in [-0.15, -0.1) is 0 Å². The van der Waals surface area contributed by atoms with Gasteiger partial charge in [-0.3, -0.25) is 4.98 Å². The van der Waals surface area contributed by atoms with Crippen LogP contribution in [0.4, 0.5) is 0 Å². The van der Waals surface area contributed by atoms with Crippen molar-refractivity contribution in [2.75, 3.05) is 0 Å². The number of rotatable bonds is 3. The first-order valence-corrected chi connectivity index (χ1v) is 5.47. The minimum atomic E-state index is 0.831. The maximum Gasteiger partial charge on any atom is 0.0720 e. The number of aromatic nitrogens is 1. The Balaban J connectivity index is 3.09. The van der Waals surface area contributed by atoms with Gasteiger partial charge in [-0.25, -0.2) is 0 Å². The van der Waals surface area contributed by atoms with Crippen LogP contribution >= 0.6 is 15.9 Å². The molecule has 0 aromatic carbocycles. The molecule has 0 amide bonds. The average Bonchev–Trinajstić information content (AvgIpc) is 2.27. The Morgan fingerprint density at radius 1 is 1.40 bits per heavy atom. The Labute approximate surface area is 98.0 Å². The molecule has 0 fully saturated rings. The fourth-order valence-corrected chi connectivity index (χ4v) is 1.52. The molecule has 0 saturated heterocycles. The predicted octanol–water partition coefficient (Wildman–Crippen LogP) is 2.40. The molecule has 1 rings (SSSR count). The molecule has 1 aromatic heterocycles. The second kappa shape index (κ2) is 5.56. The smallest absolute Gasteiger partial charge is 0.0720 e. The van der Waals surface area contributed by atoms with Gasteiger partial charge in [-0.2, -0.15) is 0 Å². The fourth-order valence-electron chi connectivity index (χ4n) is 1.29. The van der Waals surface area contributed by atoms with Crippen molar-refractivity contribution in [2.24, 2.45) is 11.5 Å². The van der Waals surface area contributed by atoms with E-state index in [0.29, 0.717) is 0 Å². The predicted molar refractivity (Wildman–Crippen MR) is 66.7 cm³/mol. The minimum absolute atomic E-state index is 0.831. The summed E-state index contributed by atoms with van der Waals surface area (Å²) in [4.78, 5) is 4.27. The Hall–Kier alpha value is -1.29. The van der Waals surface area contributed by atoms with Gasteiger partial charge in [0.25, 0.3) is 0 Å². The van der Waals surface area contributed by atoms with Crippen LogP contribution in [0.3, 0.4) is 0 Å². The number of halogens is 1. The van der Waals surface area contributed by atoms with Gasteiger partial charge in [0.05, 0.1) is 5.69 Å². The highest BCUT2D eigenvalue weighted by molar-refractivity contribution is 9.10. The van der Waals surface area contributed by atoms with Crippen molar-refractivity contribution < 1.29 is 0 Å². The molecular weight excluding hydrogens is 254 g/mol. The largest absolute Gasteiger partial charge is 0.404 e. The van der Waals surface area contributed by atoms with Crippen LogP contribution in [-0.4, -0.2) is 4.98 Å². The van der Waals surface area contributed by atoms with Crippen molar-refractivity contribution in [3.05, 3.63) is 46.5 Å². The van der Waals surface area contributed by atoms with Crippen LogP contribution in [0.2, 0.25) is 0 Å². The summed E-state index contributed by atoms with van der Waals surface area (Å²) >= 11 is 3.34. The fraction of sp³-hybridized carbons (Fsp3) is 0.182. The van der Waals surface area contributed by atoms with Gasteiger partial charge in [0.2, 0.25) is 0 Å². The van der Waals surface area contributed by atoms with E-state index in [9.17, 15) is 0 Å². The van der Waals surface area contributed by atoms with Gasteiger partial charge >= 0.3 is 0 Å². The zero-order chi connectivity index (χ0) is 11.3. The molecule has 0 radical (unpaired) electrons. The lowest BCUT2D eigenvalue weighted by Crippen LogP contribution is -1.98. The van der Waals surface area contributed by atoms with Crippen molar-refractivity contribution >= 4 is 21.5 Å². The zero-order valence-corrected chi connectivity index (χ0v) is 10.2. The number of hydrogen-bond donors (Lipinski definition) is 2. The van der Waals surface area contributed by atoms with Gasteiger partial charge in [0.1, 0.15) is 0 Å². The van der Waals surface area contributed by atoms with Crippen LogP contribution in [0.5, 0.6) is 0 Å². The molecule has 0 spiro atoms. The van der Waals surface area contributed by atoms with Crippen molar-refractivity contribution in [1.82, 2.24) is 4.98 Å². The van der Waals surface area contributed by atoms with Crippen LogP contribution in [0, 0.1) is 0 Å². The van der Waals surface area contributed by atoms with Gasteiger partial charge in [0, 0.05) is 22.4 Å². The van der Waals surface area contributed by atoms with Crippen molar-refractivity contribution in [3.8, 4) is 0 Å². The van der Waals surface area contributed by atoms with Gasteiger partial charge < -0.3 is 11.5 Å². The van der Waals surface area contributed by atoms with Crippen molar-refractivity contribution in [2.45, 2.75) is 13.3 Å². The highest BCUT2D eigenvalue weighted by atomic mass is 79.9. The number of pyridine rings is 1. The zero-order valence-electron chi connectivity index (χ0n) is 8.57. The molecular formula is C11H14BrN3. The molecule has 1 heterocycles. The lowest BCUT2D eigenvalue weighted by Gasteiger charge is -2.08. The Kier molecular flexibility index (Phi) is 4.37. The summed E-state index contributed by atoms with van der Waals surface area (Å²) in [5.74, 6) is 0. The highest BCUT2D eigenvalue weighted by Crippen LogP contribution is 2.22. The second-order valence-corrected chi connectivity index (χ2v) is 3.90. The van der Waals surface area contributed by atoms with E-state index in [1.807, 2.05) is 19.1 Å². The summed E-state index contributed by atoms with van der Waals surface area (Å²) in [5, 5.41) is 0. The molecule has 4 N–H and O–H groups in total. The van der Waals surface area contributed by atoms with E-state index in [4.69, 9.17) is 11.5 Å². The normalized spacial score (nSPS) is 12.9. The van der Waals surface area contributed by atoms with Gasteiger partial charge in [0.15, 0.2) is 0 Å². The van der Waals surface area contributed by atoms with E-state index < -0.39 is 0 Å². The molecule has 0 aliphatic rings. The third kappa shape index (κ3) is 2.83. The second-order valence-electron chi connectivity index (χ2n) is 2.99. The monoisotopic (exact) mass is 267 g/mol. The first kappa shape index (κ1) is 11.8. The maximum atomic E-state index is 5.58. The lowest BCUT2D eigenvalue weighted by molar-refractivity contribution is 1.12. The van der Waals surface area contributed by atoms with Crippen LogP contribution in [-0.2, 0) is 0 Å². The molecule has 0 bridgehead atoms. The molecule has 80 valence electrons. The summed E-state index contributed by atoms with van der Waals surface area (Å²) in [5.41, 5.74) is 13.8. The number of nitrogens with zero attached hydrogens (tertiary/aromatic N) is 1. The summed E-state index contributed by atoms with van der Waals surface area (Å²) in [6.07, 6.45) is 5.68. The van der Waals surface area contributed by atoms with E-state index in [1.165, 1.54) is 0 Å². The SMILES string of the molecule is CCC(=C/N)/C(=C\N)c1ccc(Br)cn1. The molecule has 0 aliphatic heterocycles. The van der Waals surface area contributed by atoms with E-state index in [0.717, 1.165) is 27.7 Å². The summed E-state index contributed by atoms with van der Waals surface area (Å²) in [6.45, 7) is 2.03. The summed E-state index contributed by atoms with van der Waals surface area (Å²) in [7, 11) is 0. The number of hydrogen-bond acceptors (Lipinski definition) is 3. The highest BCUT2D eigenvalue weighted by Gasteiger charge is 2.06. The molecule has 0 atom stereocenters. The van der Waals surface area contributed by atoms with Crippen LogP contribution in [0.25, 0.3) is 5.57 Å². The van der Waals surface area contributed by atoms with Crippen molar-refractivity contribution in [1.29, 1.82) is 0 Å². The Morgan fingerprint density at radius 3 is 2.53 bits per heavy atom. The third-order valence-corrected chi connectivity index (χ3v) is 2.57. The van der Waals surface area contributed by atoms with E-state index in [1.54, 1.807) is 18.6 Å². The minimum Gasteiger partial charge on any atom is -0.404 e. The standard InChI is InChI=1S/C11H14BrN3/c1-2-8(5-13)10(6-14)11-4-3-9(12)7-15-11/h3-7H,2,13-14H2,1H3/b8-5-,10-6+. The first-order chi connectivity index (χ1) is 7.22. The van der Waals surface area contributed by atoms with Gasteiger partial charge in [-0.05, 0) is 46.3 Å². The molecule has 15 heavy (non-hydrogen) atoms. The molecule has 0 saturated carbocycles. The van der Waals surface area contributed by atoms with Crippen LogP contribution in [0.15, 0.2) is 40.8 Å². The number of allylic oxidation sites excluding steroid dienone is 2. The van der Waals surface area contributed by atoms with Gasteiger partial charge in [-0.1, -0.05) is 6.92 Å². The molecule has 0 aliphatic carbocycles. The van der Waals surface area contributed by atoms with E-state index >= 15 is 0 Å². The van der Waals surface area contributed by atoms with Crippen molar-refractivity contribution in [3.63, 3.8) is 0 Å². The quantitative estimate of drug-likeness (QED) is 0.827. The lowest BCUT2D eigenvalue weighted by atomic mass is 10.0. The third-order valence-electron chi connectivity index (χ3n) is 2.10. The Bertz CT molecular complexity index is 379. The molecule has 3 nitrogen and oxygen atoms in total. The molecule has 0 unspecified atom stereocenters. The topological polar surface area (TPSA) is 64.9 Å². The maximum absolute atomic E-state index is 5.58. The molecule has 4 heteroatoms.